The van der Waals surface area contributed by atoms with Crippen molar-refractivity contribution in [2.75, 3.05) is 59.5 Å². The van der Waals surface area contributed by atoms with Gasteiger partial charge in [-0.15, -0.1) is 0 Å². The summed E-state index contributed by atoms with van der Waals surface area (Å²) < 4.78 is 21.7. The van der Waals surface area contributed by atoms with Gasteiger partial charge in [-0.1, -0.05) is 0 Å². The van der Waals surface area contributed by atoms with Gasteiger partial charge in [0.25, 0.3) is 0 Å². The summed E-state index contributed by atoms with van der Waals surface area (Å²) in [5.41, 5.74) is 5.27. The van der Waals surface area contributed by atoms with Crippen LogP contribution in [0.2, 0.25) is 0 Å². The van der Waals surface area contributed by atoms with Crippen LogP contribution in [0.1, 0.15) is 33.6 Å². The summed E-state index contributed by atoms with van der Waals surface area (Å²) >= 11 is 0. The molecule has 0 aromatic carbocycles. The molecule has 0 aliphatic rings. The first-order valence-electron chi connectivity index (χ1n) is 7.84. The van der Waals surface area contributed by atoms with Crippen molar-refractivity contribution < 1.29 is 18.9 Å². The van der Waals surface area contributed by atoms with Gasteiger partial charge in [-0.05, 0) is 46.7 Å². The van der Waals surface area contributed by atoms with Gasteiger partial charge in [0.2, 0.25) is 0 Å². The number of hydrogen-bond donors (Lipinski definition) is 2. The lowest BCUT2D eigenvalue weighted by molar-refractivity contribution is -0.0144. The highest BCUT2D eigenvalue weighted by atomic mass is 16.5. The Kier molecular flexibility index (Phi) is 14.5. The van der Waals surface area contributed by atoms with Crippen LogP contribution in [0.15, 0.2) is 0 Å². The zero-order chi connectivity index (χ0) is 15.8. The summed E-state index contributed by atoms with van der Waals surface area (Å²) in [4.78, 5) is 0. The second-order valence-electron chi connectivity index (χ2n) is 5.73. The van der Waals surface area contributed by atoms with E-state index in [-0.39, 0.29) is 5.60 Å². The maximum absolute atomic E-state index is 5.55. The van der Waals surface area contributed by atoms with Crippen molar-refractivity contribution in [3.05, 3.63) is 0 Å². The number of rotatable bonds is 15. The molecule has 0 atom stereocenters. The maximum Gasteiger partial charge on any atom is 0.0972 e. The van der Waals surface area contributed by atoms with Crippen molar-refractivity contribution in [1.82, 2.24) is 5.32 Å². The molecular weight excluding hydrogens is 272 g/mol. The quantitative estimate of drug-likeness (QED) is 0.349. The van der Waals surface area contributed by atoms with Gasteiger partial charge in [0.1, 0.15) is 0 Å². The molecule has 0 amide bonds. The third-order valence-corrected chi connectivity index (χ3v) is 2.49. The Morgan fingerprint density at radius 3 is 1.86 bits per heavy atom. The van der Waals surface area contributed by atoms with Gasteiger partial charge in [0.05, 0.1) is 38.8 Å². The summed E-state index contributed by atoms with van der Waals surface area (Å²) in [5.74, 6) is 0. The second-order valence-corrected chi connectivity index (χ2v) is 5.73. The van der Waals surface area contributed by atoms with Crippen molar-refractivity contribution in [2.45, 2.75) is 39.2 Å². The first kappa shape index (κ1) is 20.8. The fraction of sp³-hybridized carbons (Fsp3) is 1.00. The topological polar surface area (TPSA) is 75.0 Å². The predicted molar refractivity (Wildman–Crippen MR) is 84.5 cm³/mol. The summed E-state index contributed by atoms with van der Waals surface area (Å²) in [6.07, 6.45) is 1.87. The summed E-state index contributed by atoms with van der Waals surface area (Å²) in [5, 5.41) is 3.22. The maximum atomic E-state index is 5.55. The van der Waals surface area contributed by atoms with Gasteiger partial charge in [-0.3, -0.25) is 5.32 Å². The highest BCUT2D eigenvalue weighted by Crippen LogP contribution is 2.04. The van der Waals surface area contributed by atoms with E-state index in [1.165, 1.54) is 0 Å². The van der Waals surface area contributed by atoms with Crippen molar-refractivity contribution in [3.63, 3.8) is 0 Å². The first-order chi connectivity index (χ1) is 10.1. The van der Waals surface area contributed by atoms with Gasteiger partial charge >= 0.3 is 0 Å². The van der Waals surface area contributed by atoms with Crippen LogP contribution < -0.4 is 11.1 Å². The molecule has 0 heterocycles. The van der Waals surface area contributed by atoms with E-state index in [9.17, 15) is 0 Å². The van der Waals surface area contributed by atoms with Gasteiger partial charge in [0.15, 0.2) is 0 Å². The summed E-state index contributed by atoms with van der Waals surface area (Å²) in [7, 11) is 0. The standard InChI is InChI=1S/C15H34N2O4/c1-15(2,3)21-14-17-7-5-9-19-11-13-20-12-10-18-8-4-6-16/h17H,4-14,16H2,1-3H3. The van der Waals surface area contributed by atoms with E-state index < -0.39 is 0 Å². The van der Waals surface area contributed by atoms with E-state index in [0.717, 1.165) is 26.0 Å². The normalized spacial score (nSPS) is 12.0. The lowest BCUT2D eigenvalue weighted by atomic mass is 10.2. The van der Waals surface area contributed by atoms with E-state index in [1.807, 2.05) is 20.8 Å². The van der Waals surface area contributed by atoms with Crippen LogP contribution in [0.3, 0.4) is 0 Å². The minimum atomic E-state index is -0.0884. The molecule has 0 bridgehead atoms. The van der Waals surface area contributed by atoms with Crippen molar-refractivity contribution >= 4 is 0 Å². The lowest BCUT2D eigenvalue weighted by Gasteiger charge is -2.19. The average Bonchev–Trinajstić information content (AvgIpc) is 2.42. The molecular formula is C15H34N2O4. The minimum Gasteiger partial charge on any atom is -0.379 e. The predicted octanol–water partition coefficient (Wildman–Crippen LogP) is 1.14. The highest BCUT2D eigenvalue weighted by Gasteiger charge is 2.08. The molecule has 0 aliphatic heterocycles. The molecule has 0 rings (SSSR count). The van der Waals surface area contributed by atoms with Crippen molar-refractivity contribution in [3.8, 4) is 0 Å². The Morgan fingerprint density at radius 1 is 0.810 bits per heavy atom. The third-order valence-electron chi connectivity index (χ3n) is 2.49. The Bertz CT molecular complexity index is 210. The molecule has 0 aromatic rings. The third kappa shape index (κ3) is 19.8. The van der Waals surface area contributed by atoms with Crippen LogP contribution in [-0.2, 0) is 18.9 Å². The summed E-state index contributed by atoms with van der Waals surface area (Å²) in [6.45, 7) is 12.2. The lowest BCUT2D eigenvalue weighted by Crippen LogP contribution is -2.28. The molecule has 0 radical (unpaired) electrons. The number of hydrogen-bond acceptors (Lipinski definition) is 6. The van der Waals surface area contributed by atoms with E-state index in [1.54, 1.807) is 0 Å². The SMILES string of the molecule is CC(C)(C)OCNCCCOCCOCCOCCCN. The van der Waals surface area contributed by atoms with E-state index in [0.29, 0.717) is 46.3 Å². The van der Waals surface area contributed by atoms with Gasteiger partial charge in [-0.2, -0.15) is 0 Å². The average molecular weight is 306 g/mol. The molecule has 0 saturated heterocycles. The Balaban J connectivity index is 3.00. The molecule has 6 nitrogen and oxygen atoms in total. The highest BCUT2D eigenvalue weighted by molar-refractivity contribution is 4.57. The van der Waals surface area contributed by atoms with Gasteiger partial charge in [-0.25, -0.2) is 0 Å². The Morgan fingerprint density at radius 2 is 1.33 bits per heavy atom. The minimum absolute atomic E-state index is 0.0884. The van der Waals surface area contributed by atoms with Gasteiger partial charge < -0.3 is 24.7 Å². The molecule has 0 unspecified atom stereocenters. The molecule has 0 spiro atoms. The second kappa shape index (κ2) is 14.7. The van der Waals surface area contributed by atoms with Crippen LogP contribution in [0.4, 0.5) is 0 Å². The zero-order valence-electron chi connectivity index (χ0n) is 14.0. The monoisotopic (exact) mass is 306 g/mol. The van der Waals surface area contributed by atoms with Crippen LogP contribution >= 0.6 is 0 Å². The number of ether oxygens (including phenoxy) is 4. The fourth-order valence-corrected chi connectivity index (χ4v) is 1.37. The van der Waals surface area contributed by atoms with E-state index >= 15 is 0 Å². The molecule has 0 fully saturated rings. The molecule has 21 heavy (non-hydrogen) atoms. The van der Waals surface area contributed by atoms with E-state index in [2.05, 4.69) is 5.32 Å². The van der Waals surface area contributed by atoms with Gasteiger partial charge in [0, 0.05) is 13.2 Å². The first-order valence-corrected chi connectivity index (χ1v) is 7.84. The molecule has 0 aromatic heterocycles. The van der Waals surface area contributed by atoms with Crippen LogP contribution in [0.5, 0.6) is 0 Å². The van der Waals surface area contributed by atoms with Crippen LogP contribution in [0, 0.1) is 0 Å². The molecule has 128 valence electrons. The van der Waals surface area contributed by atoms with E-state index in [4.69, 9.17) is 24.7 Å². The Labute approximate surface area is 129 Å². The smallest absolute Gasteiger partial charge is 0.0972 e. The van der Waals surface area contributed by atoms with Crippen LogP contribution in [0.25, 0.3) is 0 Å². The fourth-order valence-electron chi connectivity index (χ4n) is 1.37. The number of nitrogens with two attached hydrogens (primary N) is 1. The molecule has 0 saturated carbocycles. The van der Waals surface area contributed by atoms with Crippen molar-refractivity contribution in [1.29, 1.82) is 0 Å². The molecule has 3 N–H and O–H groups in total. The Hall–Kier alpha value is -0.240. The number of nitrogens with one attached hydrogen (secondary N) is 1. The largest absolute Gasteiger partial charge is 0.379 e. The summed E-state index contributed by atoms with van der Waals surface area (Å²) in [6, 6.07) is 0. The molecule has 0 aliphatic carbocycles. The van der Waals surface area contributed by atoms with Crippen molar-refractivity contribution in [2.24, 2.45) is 5.73 Å². The van der Waals surface area contributed by atoms with Crippen LogP contribution in [-0.4, -0.2) is 65.1 Å². The molecule has 6 heteroatoms. The zero-order valence-corrected chi connectivity index (χ0v) is 14.0.